The van der Waals surface area contributed by atoms with Gasteiger partial charge in [-0.15, -0.1) is 0 Å². The van der Waals surface area contributed by atoms with E-state index in [2.05, 4.69) is 0 Å². The largest absolute Gasteiger partial charge is 0.270 e. The first kappa shape index (κ1) is 12.6. The van der Waals surface area contributed by atoms with Crippen LogP contribution in [0, 0.1) is 32.8 Å². The molecule has 0 spiro atoms. The highest BCUT2D eigenvalue weighted by Gasteiger charge is 2.27. The van der Waals surface area contributed by atoms with E-state index >= 15 is 0 Å². The third-order valence-electron chi connectivity index (χ3n) is 3.44. The molecule has 0 atom stereocenters. The summed E-state index contributed by atoms with van der Waals surface area (Å²) < 4.78 is 0. The molecular formula is C16H7N3O2. The van der Waals surface area contributed by atoms with Gasteiger partial charge in [-0.2, -0.15) is 10.5 Å². The highest BCUT2D eigenvalue weighted by Crippen LogP contribution is 2.46. The number of benzene rings is 2. The Morgan fingerprint density at radius 3 is 2.19 bits per heavy atom. The number of nitro groups is 1. The second-order valence-electron chi connectivity index (χ2n) is 4.51. The summed E-state index contributed by atoms with van der Waals surface area (Å²) in [5.74, 6) is 0. The summed E-state index contributed by atoms with van der Waals surface area (Å²) in [6, 6.07) is 15.6. The molecule has 2 aromatic carbocycles. The van der Waals surface area contributed by atoms with Gasteiger partial charge in [0.15, 0.2) is 0 Å². The van der Waals surface area contributed by atoms with Gasteiger partial charge in [0.05, 0.1) is 4.92 Å². The first-order valence-corrected chi connectivity index (χ1v) is 6.10. The van der Waals surface area contributed by atoms with Gasteiger partial charge in [0.2, 0.25) is 0 Å². The van der Waals surface area contributed by atoms with Crippen molar-refractivity contribution in [2.75, 3.05) is 0 Å². The Labute approximate surface area is 120 Å². The van der Waals surface area contributed by atoms with E-state index in [1.165, 1.54) is 12.1 Å². The van der Waals surface area contributed by atoms with Crippen molar-refractivity contribution in [3.05, 3.63) is 69.3 Å². The maximum absolute atomic E-state index is 10.9. The van der Waals surface area contributed by atoms with Gasteiger partial charge in [-0.1, -0.05) is 24.3 Å². The van der Waals surface area contributed by atoms with Crippen molar-refractivity contribution in [2.24, 2.45) is 0 Å². The molecule has 0 aromatic heterocycles. The van der Waals surface area contributed by atoms with E-state index in [9.17, 15) is 10.1 Å². The van der Waals surface area contributed by atoms with Gasteiger partial charge >= 0.3 is 0 Å². The van der Waals surface area contributed by atoms with E-state index in [4.69, 9.17) is 10.5 Å². The SMILES string of the molecule is N#CC(C#N)=C1c2ccccc2-c2ccc([N+](=O)[O-])cc21. The number of fused-ring (bicyclic) bond motifs is 3. The first-order valence-electron chi connectivity index (χ1n) is 6.10. The lowest BCUT2D eigenvalue weighted by Gasteiger charge is -2.02. The minimum atomic E-state index is -0.487. The van der Waals surface area contributed by atoms with Gasteiger partial charge in [-0.3, -0.25) is 10.1 Å². The van der Waals surface area contributed by atoms with Gasteiger partial charge in [0.1, 0.15) is 17.7 Å². The average molecular weight is 273 g/mol. The van der Waals surface area contributed by atoms with Crippen LogP contribution in [0.4, 0.5) is 5.69 Å². The molecule has 0 saturated carbocycles. The molecule has 0 heterocycles. The summed E-state index contributed by atoms with van der Waals surface area (Å²) >= 11 is 0. The number of nitro benzene ring substituents is 1. The van der Waals surface area contributed by atoms with E-state index in [1.807, 2.05) is 36.4 Å². The molecule has 0 saturated heterocycles. The monoisotopic (exact) mass is 273 g/mol. The fraction of sp³-hybridized carbons (Fsp3) is 0. The van der Waals surface area contributed by atoms with Crippen LogP contribution >= 0.6 is 0 Å². The van der Waals surface area contributed by atoms with Crippen LogP contribution in [0.3, 0.4) is 0 Å². The number of nitriles is 2. The maximum Gasteiger partial charge on any atom is 0.270 e. The Kier molecular flexibility index (Phi) is 2.75. The molecule has 1 aliphatic rings. The van der Waals surface area contributed by atoms with Crippen molar-refractivity contribution in [1.29, 1.82) is 10.5 Å². The van der Waals surface area contributed by atoms with E-state index in [0.29, 0.717) is 11.1 Å². The van der Waals surface area contributed by atoms with Gasteiger partial charge < -0.3 is 0 Å². The van der Waals surface area contributed by atoms with E-state index in [-0.39, 0.29) is 11.3 Å². The molecular weight excluding hydrogens is 266 g/mol. The highest BCUT2D eigenvalue weighted by molar-refractivity contribution is 6.04. The Hall–Kier alpha value is -3.44. The van der Waals surface area contributed by atoms with Crippen molar-refractivity contribution in [1.82, 2.24) is 0 Å². The number of non-ortho nitro benzene ring substituents is 1. The number of rotatable bonds is 1. The van der Waals surface area contributed by atoms with Crippen LogP contribution in [-0.2, 0) is 0 Å². The van der Waals surface area contributed by atoms with Crippen LogP contribution in [0.15, 0.2) is 48.0 Å². The molecule has 0 radical (unpaired) electrons. The summed E-state index contributed by atoms with van der Waals surface area (Å²) in [5.41, 5.74) is 3.36. The van der Waals surface area contributed by atoms with E-state index in [1.54, 1.807) is 6.07 Å². The lowest BCUT2D eigenvalue weighted by Crippen LogP contribution is -1.91. The third-order valence-corrected chi connectivity index (χ3v) is 3.44. The van der Waals surface area contributed by atoms with Crippen molar-refractivity contribution < 1.29 is 4.92 Å². The predicted octanol–water partition coefficient (Wildman–Crippen LogP) is 3.42. The van der Waals surface area contributed by atoms with E-state index in [0.717, 1.165) is 16.7 Å². The second kappa shape index (κ2) is 4.59. The van der Waals surface area contributed by atoms with Crippen molar-refractivity contribution in [3.63, 3.8) is 0 Å². The average Bonchev–Trinajstić information content (AvgIpc) is 2.83. The lowest BCUT2D eigenvalue weighted by molar-refractivity contribution is -0.384. The number of hydrogen-bond acceptors (Lipinski definition) is 4. The second-order valence-corrected chi connectivity index (χ2v) is 4.51. The summed E-state index contributed by atoms with van der Waals surface area (Å²) in [7, 11) is 0. The number of allylic oxidation sites excluding steroid dienone is 1. The van der Waals surface area contributed by atoms with Crippen LogP contribution < -0.4 is 0 Å². The van der Waals surface area contributed by atoms with E-state index < -0.39 is 4.92 Å². The third kappa shape index (κ3) is 1.77. The Balaban J connectivity index is 2.42. The van der Waals surface area contributed by atoms with Crippen molar-refractivity contribution in [2.45, 2.75) is 0 Å². The summed E-state index contributed by atoms with van der Waals surface area (Å²) in [6.07, 6.45) is 0. The molecule has 5 heteroatoms. The fourth-order valence-corrected chi connectivity index (χ4v) is 2.57. The zero-order chi connectivity index (χ0) is 15.0. The summed E-state index contributed by atoms with van der Waals surface area (Å²) in [5, 5.41) is 29.3. The smallest absolute Gasteiger partial charge is 0.258 e. The molecule has 3 rings (SSSR count). The van der Waals surface area contributed by atoms with Gasteiger partial charge in [-0.05, 0) is 28.3 Å². The molecule has 2 aromatic rings. The standard InChI is InChI=1S/C16H7N3O2/c17-8-10(9-18)16-14-4-2-1-3-12(14)13-6-5-11(19(20)21)7-15(13)16/h1-7H. The van der Waals surface area contributed by atoms with Crippen LogP contribution in [0.5, 0.6) is 0 Å². The number of hydrogen-bond donors (Lipinski definition) is 0. The van der Waals surface area contributed by atoms with Crippen molar-refractivity contribution in [3.8, 4) is 23.3 Å². The van der Waals surface area contributed by atoms with Gasteiger partial charge in [0, 0.05) is 17.7 Å². The molecule has 0 bridgehead atoms. The van der Waals surface area contributed by atoms with Crippen molar-refractivity contribution >= 4 is 11.3 Å². The molecule has 0 N–H and O–H groups in total. The molecule has 0 unspecified atom stereocenters. The van der Waals surface area contributed by atoms with Crippen LogP contribution in [0.1, 0.15) is 11.1 Å². The Morgan fingerprint density at radius 1 is 0.952 bits per heavy atom. The summed E-state index contributed by atoms with van der Waals surface area (Å²) in [4.78, 5) is 10.5. The van der Waals surface area contributed by atoms with Crippen LogP contribution in [0.2, 0.25) is 0 Å². The molecule has 0 fully saturated rings. The van der Waals surface area contributed by atoms with Gasteiger partial charge in [0.25, 0.3) is 5.69 Å². The van der Waals surface area contributed by atoms with Crippen LogP contribution in [-0.4, -0.2) is 4.92 Å². The normalized spacial score (nSPS) is 11.0. The molecule has 98 valence electrons. The Morgan fingerprint density at radius 2 is 1.57 bits per heavy atom. The highest BCUT2D eigenvalue weighted by atomic mass is 16.6. The molecule has 21 heavy (non-hydrogen) atoms. The molecule has 0 aliphatic heterocycles. The minimum Gasteiger partial charge on any atom is -0.258 e. The van der Waals surface area contributed by atoms with Crippen LogP contribution in [0.25, 0.3) is 16.7 Å². The summed E-state index contributed by atoms with van der Waals surface area (Å²) in [6.45, 7) is 0. The maximum atomic E-state index is 10.9. The topological polar surface area (TPSA) is 90.7 Å². The minimum absolute atomic E-state index is 0.0401. The fourth-order valence-electron chi connectivity index (χ4n) is 2.57. The first-order chi connectivity index (χ1) is 10.2. The Bertz CT molecular complexity index is 882. The zero-order valence-corrected chi connectivity index (χ0v) is 10.7. The quantitative estimate of drug-likeness (QED) is 0.386. The predicted molar refractivity (Wildman–Crippen MR) is 75.8 cm³/mol. The lowest BCUT2D eigenvalue weighted by atomic mass is 9.99. The molecule has 0 amide bonds. The van der Waals surface area contributed by atoms with Gasteiger partial charge in [-0.25, -0.2) is 0 Å². The zero-order valence-electron chi connectivity index (χ0n) is 10.7. The number of nitrogens with zero attached hydrogens (tertiary/aromatic N) is 3. The molecule has 1 aliphatic carbocycles. The molecule has 5 nitrogen and oxygen atoms in total.